The monoisotopic (exact) mass is 532 g/mol. The summed E-state index contributed by atoms with van der Waals surface area (Å²) >= 11 is 0. The van der Waals surface area contributed by atoms with Crippen molar-refractivity contribution in [2.24, 2.45) is 0 Å². The second kappa shape index (κ2) is 8.97. The Morgan fingerprint density at radius 2 is 1.92 bits per heavy atom. The highest BCUT2D eigenvalue weighted by Gasteiger charge is 2.41. The van der Waals surface area contributed by atoms with Crippen molar-refractivity contribution in [2.45, 2.75) is 52.1 Å². The highest BCUT2D eigenvalue weighted by Crippen LogP contribution is 2.46. The number of carbonyl (C=O) groups is 1. The summed E-state index contributed by atoms with van der Waals surface area (Å²) in [5, 5.41) is 6.05. The fraction of sp³-hybridized carbons (Fsp3) is 0.423. The van der Waals surface area contributed by atoms with Crippen molar-refractivity contribution in [3.63, 3.8) is 0 Å². The molecule has 1 amide bonds. The van der Waals surface area contributed by atoms with Gasteiger partial charge in [-0.25, -0.2) is 14.4 Å². The van der Waals surface area contributed by atoms with Gasteiger partial charge in [-0.3, -0.25) is 4.79 Å². The number of nitrogen functional groups attached to an aromatic ring is 1. The number of pyridine rings is 2. The minimum atomic E-state index is -4.80. The van der Waals surface area contributed by atoms with Gasteiger partial charge in [0.2, 0.25) is 5.88 Å². The molecule has 8 nitrogen and oxygen atoms in total. The lowest BCUT2D eigenvalue weighted by Crippen LogP contribution is -2.60. The van der Waals surface area contributed by atoms with Crippen LogP contribution in [0.15, 0.2) is 12.1 Å². The van der Waals surface area contributed by atoms with Gasteiger partial charge in [-0.15, -0.1) is 0 Å². The molecule has 0 radical (unpaired) electrons. The molecule has 3 aromatic rings. The smallest absolute Gasteiger partial charge is 0.417 e. The number of amides is 1. The van der Waals surface area contributed by atoms with Crippen LogP contribution >= 0.6 is 0 Å². The van der Waals surface area contributed by atoms with E-state index in [9.17, 15) is 18.0 Å². The molecule has 1 saturated heterocycles. The van der Waals surface area contributed by atoms with Crippen LogP contribution in [0.5, 0.6) is 5.88 Å². The van der Waals surface area contributed by atoms with Crippen molar-refractivity contribution in [1.29, 1.82) is 0 Å². The maximum Gasteiger partial charge on any atom is 0.417 e. The van der Waals surface area contributed by atoms with Crippen LogP contribution in [0.1, 0.15) is 41.0 Å². The summed E-state index contributed by atoms with van der Waals surface area (Å²) in [6.07, 6.45) is -5.28. The summed E-state index contributed by atoms with van der Waals surface area (Å²) in [6, 6.07) is 2.06. The molecule has 4 N–H and O–H groups in total. The number of benzene rings is 1. The molecule has 4 heterocycles. The molecule has 202 valence electrons. The molecule has 1 aromatic carbocycles. The fourth-order valence-electron chi connectivity index (χ4n) is 5.50. The van der Waals surface area contributed by atoms with Crippen LogP contribution in [0, 0.1) is 19.7 Å². The lowest BCUT2D eigenvalue weighted by atomic mass is 9.95. The van der Waals surface area contributed by atoms with Crippen molar-refractivity contribution in [3.05, 3.63) is 40.3 Å². The highest BCUT2D eigenvalue weighted by molar-refractivity contribution is 6.06. The van der Waals surface area contributed by atoms with Gasteiger partial charge in [-0.05, 0) is 51.0 Å². The predicted molar refractivity (Wildman–Crippen MR) is 136 cm³/mol. The standard InChI is InChI=1S/C26H28F4N6O2/c1-10-6-14(31)7-15(19(10)26(28,29)30)22-20(27)17-12(3)21(24(37)32-5)34-23-18(17)25(35-22)38-13(4)16-8-33-11(2)9-36(16)23/h6-7,11,13,16,33H,8-9,31H2,1-5H3,(H,32,37). The van der Waals surface area contributed by atoms with E-state index in [-0.39, 0.29) is 51.2 Å². The van der Waals surface area contributed by atoms with Crippen LogP contribution in [0.2, 0.25) is 0 Å². The molecule has 1 fully saturated rings. The number of hydrogen-bond acceptors (Lipinski definition) is 7. The molecule has 38 heavy (non-hydrogen) atoms. The van der Waals surface area contributed by atoms with Gasteiger partial charge in [0, 0.05) is 42.8 Å². The quantitative estimate of drug-likeness (QED) is 0.339. The normalized spacial score (nSPS) is 21.1. The van der Waals surface area contributed by atoms with Crippen LogP contribution in [0.25, 0.3) is 22.0 Å². The van der Waals surface area contributed by atoms with E-state index < -0.39 is 40.8 Å². The number of nitrogens with one attached hydrogen (secondary N) is 2. The molecule has 0 saturated carbocycles. The van der Waals surface area contributed by atoms with Gasteiger partial charge < -0.3 is 26.0 Å². The van der Waals surface area contributed by atoms with Gasteiger partial charge >= 0.3 is 6.18 Å². The Morgan fingerprint density at radius 3 is 2.58 bits per heavy atom. The van der Waals surface area contributed by atoms with E-state index in [4.69, 9.17) is 10.5 Å². The van der Waals surface area contributed by atoms with Crippen molar-refractivity contribution >= 4 is 28.2 Å². The molecule has 3 atom stereocenters. The predicted octanol–water partition coefficient (Wildman–Crippen LogP) is 3.96. The highest BCUT2D eigenvalue weighted by atomic mass is 19.4. The molecule has 0 aliphatic carbocycles. The van der Waals surface area contributed by atoms with Gasteiger partial charge in [0.25, 0.3) is 5.91 Å². The number of halogens is 4. The SMILES string of the molecule is CNC(=O)c1nc2c3c(nc(-c4cc(N)cc(C)c4C(F)(F)F)c(F)c3c1C)OC(C)C1CNC(C)CN21. The molecule has 5 rings (SSSR count). The summed E-state index contributed by atoms with van der Waals surface area (Å²) in [6.45, 7) is 7.58. The molecule has 2 aliphatic heterocycles. The Hall–Kier alpha value is -3.67. The molecule has 2 aromatic heterocycles. The van der Waals surface area contributed by atoms with Crippen molar-refractivity contribution < 1.29 is 27.1 Å². The number of hydrogen-bond donors (Lipinski definition) is 3. The molecule has 0 bridgehead atoms. The Bertz CT molecular complexity index is 1480. The van der Waals surface area contributed by atoms with Crippen molar-refractivity contribution in [1.82, 2.24) is 20.6 Å². The van der Waals surface area contributed by atoms with E-state index in [0.29, 0.717) is 18.9 Å². The van der Waals surface area contributed by atoms with E-state index in [1.165, 1.54) is 27.0 Å². The maximum atomic E-state index is 16.5. The van der Waals surface area contributed by atoms with Crippen molar-refractivity contribution in [3.8, 4) is 17.1 Å². The van der Waals surface area contributed by atoms with E-state index in [1.54, 1.807) is 0 Å². The van der Waals surface area contributed by atoms with Gasteiger partial charge in [0.1, 0.15) is 23.3 Å². The number of ether oxygens (including phenoxy) is 1. The van der Waals surface area contributed by atoms with Crippen LogP contribution in [-0.2, 0) is 6.18 Å². The van der Waals surface area contributed by atoms with E-state index in [0.717, 1.165) is 6.07 Å². The third-order valence-electron chi connectivity index (χ3n) is 7.27. The number of nitrogens with two attached hydrogens (primary N) is 1. The zero-order chi connectivity index (χ0) is 27.7. The summed E-state index contributed by atoms with van der Waals surface area (Å²) in [5.41, 5.74) is 3.80. The average molecular weight is 533 g/mol. The summed E-state index contributed by atoms with van der Waals surface area (Å²) in [7, 11) is 1.43. The average Bonchev–Trinajstić information content (AvgIpc) is 2.94. The Morgan fingerprint density at radius 1 is 1.21 bits per heavy atom. The first kappa shape index (κ1) is 26.0. The largest absolute Gasteiger partial charge is 0.472 e. The number of fused-ring (bicyclic) bond motifs is 2. The number of rotatable bonds is 2. The first-order chi connectivity index (χ1) is 17.8. The topological polar surface area (TPSA) is 105 Å². The third kappa shape index (κ3) is 3.98. The number of aromatic nitrogens is 2. The first-order valence-corrected chi connectivity index (χ1v) is 12.2. The lowest BCUT2D eigenvalue weighted by molar-refractivity contribution is -0.137. The number of anilines is 2. The van der Waals surface area contributed by atoms with Crippen LogP contribution in [0.4, 0.5) is 29.1 Å². The maximum absolute atomic E-state index is 16.5. The molecule has 3 unspecified atom stereocenters. The van der Waals surface area contributed by atoms with Gasteiger partial charge in [-0.1, -0.05) is 0 Å². The zero-order valence-corrected chi connectivity index (χ0v) is 21.5. The number of piperazine rings is 1. The first-order valence-electron chi connectivity index (χ1n) is 12.2. The number of carbonyl (C=O) groups excluding carboxylic acids is 1. The Labute approximate surface area is 216 Å². The second-order valence-electron chi connectivity index (χ2n) is 9.93. The molecule has 12 heteroatoms. The van der Waals surface area contributed by atoms with E-state index >= 15 is 4.39 Å². The van der Waals surface area contributed by atoms with E-state index in [1.807, 2.05) is 18.7 Å². The summed E-state index contributed by atoms with van der Waals surface area (Å²) < 4.78 is 65.3. The molecular formula is C26H28F4N6O2. The summed E-state index contributed by atoms with van der Waals surface area (Å²) in [5.74, 6) is -1.30. The minimum Gasteiger partial charge on any atom is -0.472 e. The molecule has 2 aliphatic rings. The zero-order valence-electron chi connectivity index (χ0n) is 21.5. The second-order valence-corrected chi connectivity index (χ2v) is 9.93. The van der Waals surface area contributed by atoms with Crippen molar-refractivity contribution in [2.75, 3.05) is 30.8 Å². The Kier molecular flexibility index (Phi) is 6.13. The van der Waals surface area contributed by atoms with Crippen LogP contribution in [0.3, 0.4) is 0 Å². The molecule has 0 spiro atoms. The van der Waals surface area contributed by atoms with Crippen LogP contribution < -0.4 is 26.0 Å². The fourth-order valence-corrected chi connectivity index (χ4v) is 5.50. The van der Waals surface area contributed by atoms with Gasteiger partial charge in [-0.2, -0.15) is 13.2 Å². The molecular weight excluding hydrogens is 504 g/mol. The number of nitrogens with zero attached hydrogens (tertiary/aromatic N) is 3. The third-order valence-corrected chi connectivity index (χ3v) is 7.27. The lowest BCUT2D eigenvalue weighted by Gasteiger charge is -2.41. The summed E-state index contributed by atoms with van der Waals surface area (Å²) in [4.78, 5) is 23.8. The van der Waals surface area contributed by atoms with Gasteiger partial charge in [0.15, 0.2) is 5.82 Å². The number of aryl methyl sites for hydroxylation is 2. The minimum absolute atomic E-state index is 0.0299. The Balaban J connectivity index is 1.93. The number of alkyl halides is 3. The van der Waals surface area contributed by atoms with E-state index in [2.05, 4.69) is 20.6 Å². The van der Waals surface area contributed by atoms with Gasteiger partial charge in [0.05, 0.1) is 17.0 Å². The van der Waals surface area contributed by atoms with Crippen LogP contribution in [-0.4, -0.2) is 54.2 Å².